The molecule has 2 aliphatic carbocycles. The Kier molecular flexibility index (Phi) is 7.70. The molecule has 0 amide bonds. The first-order valence-electron chi connectivity index (χ1n) is 14.9. The molecule has 0 aromatic heterocycles. The van der Waals surface area contributed by atoms with Crippen LogP contribution >= 0.6 is 15.9 Å². The summed E-state index contributed by atoms with van der Waals surface area (Å²) in [6.45, 7) is 9.21. The van der Waals surface area contributed by atoms with Gasteiger partial charge in [-0.25, -0.2) is 4.39 Å². The first-order chi connectivity index (χ1) is 20.4. The summed E-state index contributed by atoms with van der Waals surface area (Å²) in [6, 6.07) is 22.5. The van der Waals surface area contributed by atoms with E-state index < -0.39 is 5.92 Å². The normalized spacial score (nSPS) is 19.8. The van der Waals surface area contributed by atoms with Gasteiger partial charge in [-0.05, 0) is 53.5 Å². The van der Waals surface area contributed by atoms with Gasteiger partial charge in [0.1, 0.15) is 18.2 Å². The van der Waals surface area contributed by atoms with Crippen molar-refractivity contribution in [3.05, 3.63) is 122 Å². The van der Waals surface area contributed by atoms with Crippen LogP contribution in [0.15, 0.2) is 99.8 Å². The summed E-state index contributed by atoms with van der Waals surface area (Å²) >= 11 is 3.64. The van der Waals surface area contributed by atoms with Crippen LogP contribution in [0.25, 0.3) is 0 Å². The summed E-state index contributed by atoms with van der Waals surface area (Å²) in [5, 5.41) is 0. The van der Waals surface area contributed by atoms with E-state index in [1.807, 2.05) is 36.4 Å². The molecule has 0 saturated carbocycles. The average molecular weight is 643 g/mol. The van der Waals surface area contributed by atoms with Crippen molar-refractivity contribution in [2.45, 2.75) is 72.4 Å². The minimum absolute atomic E-state index is 0.0356. The number of nitrogens with zero attached hydrogens (tertiary/aromatic N) is 1. The van der Waals surface area contributed by atoms with E-state index in [0.29, 0.717) is 41.8 Å². The second-order valence-electron chi connectivity index (χ2n) is 13.7. The number of ether oxygens (including phenoxy) is 1. The summed E-state index contributed by atoms with van der Waals surface area (Å²) in [5.41, 5.74) is 5.27. The van der Waals surface area contributed by atoms with Crippen LogP contribution in [-0.4, -0.2) is 16.5 Å². The number of halogens is 2. The van der Waals surface area contributed by atoms with E-state index in [2.05, 4.69) is 60.7 Å². The number of hydrogen-bond donors (Lipinski definition) is 0. The second kappa shape index (κ2) is 11.2. The highest BCUT2D eigenvalue weighted by Crippen LogP contribution is 2.56. The van der Waals surface area contributed by atoms with E-state index in [1.165, 1.54) is 6.07 Å². The lowest BCUT2D eigenvalue weighted by Gasteiger charge is -2.49. The van der Waals surface area contributed by atoms with Gasteiger partial charge >= 0.3 is 0 Å². The molecule has 0 unspecified atom stereocenters. The van der Waals surface area contributed by atoms with Crippen molar-refractivity contribution in [1.82, 2.24) is 4.90 Å². The number of hydrogen-bond acceptors (Lipinski definition) is 4. The highest BCUT2D eigenvalue weighted by atomic mass is 79.9. The molecular formula is C37H37BrFNO3. The highest BCUT2D eigenvalue weighted by Gasteiger charge is 2.49. The van der Waals surface area contributed by atoms with Crippen molar-refractivity contribution in [3.63, 3.8) is 0 Å². The fourth-order valence-electron chi connectivity index (χ4n) is 6.96. The smallest absolute Gasteiger partial charge is 0.162 e. The van der Waals surface area contributed by atoms with Crippen LogP contribution < -0.4 is 4.74 Å². The Morgan fingerprint density at radius 3 is 2.00 bits per heavy atom. The van der Waals surface area contributed by atoms with Gasteiger partial charge in [-0.3, -0.25) is 9.59 Å². The van der Waals surface area contributed by atoms with Gasteiger partial charge in [0.15, 0.2) is 11.6 Å². The Balaban J connectivity index is 1.55. The third-order valence-electron chi connectivity index (χ3n) is 8.83. The van der Waals surface area contributed by atoms with E-state index >= 15 is 0 Å². The van der Waals surface area contributed by atoms with Gasteiger partial charge in [0.2, 0.25) is 0 Å². The van der Waals surface area contributed by atoms with Crippen molar-refractivity contribution in [3.8, 4) is 5.75 Å². The molecule has 6 heteroatoms. The second-order valence-corrected chi connectivity index (χ2v) is 14.6. The first-order valence-corrected chi connectivity index (χ1v) is 15.7. The molecule has 0 atom stereocenters. The summed E-state index contributed by atoms with van der Waals surface area (Å²) < 4.78 is 21.7. The summed E-state index contributed by atoms with van der Waals surface area (Å²) in [4.78, 5) is 30.8. The first kappa shape index (κ1) is 29.6. The van der Waals surface area contributed by atoms with E-state index in [9.17, 15) is 14.0 Å². The Morgan fingerprint density at radius 2 is 1.40 bits per heavy atom. The van der Waals surface area contributed by atoms with Gasteiger partial charge in [-0.15, -0.1) is 0 Å². The standard InChI is InChI=1S/C37H37BrFNO3/c1-36(2)17-28-34(30(41)19-36)33(26-16-25(38)14-15-32(26)43-22-24-12-8-9-13-27(24)39)35-29(18-37(3,4)20-31(35)42)40(28)21-23-10-6-5-7-11-23/h5-16,33H,17-22H2,1-4H3. The Morgan fingerprint density at radius 1 is 0.814 bits per heavy atom. The third-order valence-corrected chi connectivity index (χ3v) is 9.32. The van der Waals surface area contributed by atoms with Crippen LogP contribution in [0.2, 0.25) is 0 Å². The molecule has 0 N–H and O–H groups in total. The topological polar surface area (TPSA) is 46.6 Å². The van der Waals surface area contributed by atoms with Crippen molar-refractivity contribution >= 4 is 27.5 Å². The monoisotopic (exact) mass is 641 g/mol. The summed E-state index contributed by atoms with van der Waals surface area (Å²) in [6.07, 6.45) is 2.26. The fourth-order valence-corrected chi connectivity index (χ4v) is 7.34. The zero-order valence-electron chi connectivity index (χ0n) is 25.2. The van der Waals surface area contributed by atoms with Crippen LogP contribution in [-0.2, 0) is 22.7 Å². The SMILES string of the molecule is CC1(C)CC(=O)C2=C(C1)N(Cc1ccccc1)C1=C(C(=O)CC(C)(C)C1)C2c1cc(Br)ccc1OCc1ccccc1F. The minimum atomic E-state index is -0.558. The minimum Gasteiger partial charge on any atom is -0.488 e. The maximum atomic E-state index is 14.5. The molecule has 0 spiro atoms. The van der Waals surface area contributed by atoms with E-state index in [0.717, 1.165) is 39.8 Å². The number of ketones is 2. The highest BCUT2D eigenvalue weighted by molar-refractivity contribution is 9.10. The van der Waals surface area contributed by atoms with E-state index in [1.54, 1.807) is 18.2 Å². The summed E-state index contributed by atoms with van der Waals surface area (Å²) in [7, 11) is 0. The van der Waals surface area contributed by atoms with Crippen molar-refractivity contribution in [1.29, 1.82) is 0 Å². The fraction of sp³-hybridized carbons (Fsp3) is 0.351. The lowest BCUT2D eigenvalue weighted by atomic mass is 9.63. The molecule has 4 nitrogen and oxygen atoms in total. The number of carbonyl (C=O) groups is 2. The van der Waals surface area contributed by atoms with Crippen LogP contribution in [0.5, 0.6) is 5.75 Å². The molecule has 0 saturated heterocycles. The molecule has 6 rings (SSSR count). The van der Waals surface area contributed by atoms with Crippen molar-refractivity contribution in [2.75, 3.05) is 0 Å². The van der Waals surface area contributed by atoms with Gasteiger partial charge in [-0.1, -0.05) is 92.2 Å². The molecule has 1 heterocycles. The van der Waals surface area contributed by atoms with Gasteiger partial charge in [-0.2, -0.15) is 0 Å². The Labute approximate surface area is 261 Å². The number of benzene rings is 3. The largest absolute Gasteiger partial charge is 0.488 e. The van der Waals surface area contributed by atoms with E-state index in [4.69, 9.17) is 4.74 Å². The molecular weight excluding hydrogens is 605 g/mol. The van der Waals surface area contributed by atoms with Gasteiger partial charge in [0.05, 0.1) is 0 Å². The lowest BCUT2D eigenvalue weighted by molar-refractivity contribution is -0.119. The number of Topliss-reactive ketones (excluding diaryl/α,β-unsaturated/α-hetero) is 2. The van der Waals surface area contributed by atoms with Crippen LogP contribution in [0.4, 0.5) is 4.39 Å². The van der Waals surface area contributed by atoms with Crippen LogP contribution in [0.3, 0.4) is 0 Å². The zero-order chi connectivity index (χ0) is 30.5. The quantitative estimate of drug-likeness (QED) is 0.269. The molecule has 0 fully saturated rings. The van der Waals surface area contributed by atoms with Gasteiger partial charge < -0.3 is 9.64 Å². The molecule has 3 aromatic rings. The number of rotatable bonds is 6. The Hall–Kier alpha value is -3.51. The predicted octanol–water partition coefficient (Wildman–Crippen LogP) is 9.05. The Bertz CT molecular complexity index is 1620. The molecule has 0 radical (unpaired) electrons. The van der Waals surface area contributed by atoms with Crippen LogP contribution in [0, 0.1) is 16.6 Å². The predicted molar refractivity (Wildman–Crippen MR) is 170 cm³/mol. The maximum absolute atomic E-state index is 14.5. The van der Waals surface area contributed by atoms with Gasteiger partial charge in [0, 0.05) is 63.4 Å². The van der Waals surface area contributed by atoms with Crippen molar-refractivity contribution < 1.29 is 18.7 Å². The third kappa shape index (κ3) is 5.86. The average Bonchev–Trinajstić information content (AvgIpc) is 2.93. The van der Waals surface area contributed by atoms with E-state index in [-0.39, 0.29) is 34.8 Å². The lowest BCUT2D eigenvalue weighted by Crippen LogP contribution is -2.44. The zero-order valence-corrected chi connectivity index (χ0v) is 26.8. The van der Waals surface area contributed by atoms with Crippen LogP contribution in [0.1, 0.15) is 76.0 Å². The molecule has 1 aliphatic heterocycles. The molecule has 3 aliphatic rings. The van der Waals surface area contributed by atoms with Gasteiger partial charge in [0.25, 0.3) is 0 Å². The maximum Gasteiger partial charge on any atom is 0.162 e. The summed E-state index contributed by atoms with van der Waals surface area (Å²) in [5.74, 6) is -0.212. The molecule has 222 valence electrons. The molecule has 0 bridgehead atoms. The number of allylic oxidation sites excluding steroid dienone is 4. The van der Waals surface area contributed by atoms with Crippen molar-refractivity contribution in [2.24, 2.45) is 10.8 Å². The molecule has 3 aromatic carbocycles. The number of carbonyl (C=O) groups excluding carboxylic acids is 2. The molecule has 43 heavy (non-hydrogen) atoms.